The Kier molecular flexibility index (Phi) is 3.01. The molecular formula is C12H12N6O3. The highest BCUT2D eigenvalue weighted by Gasteiger charge is 2.13. The number of aromatic nitrogens is 6. The van der Waals surface area contributed by atoms with Crippen molar-refractivity contribution in [3.05, 3.63) is 34.6 Å². The van der Waals surface area contributed by atoms with E-state index in [1.165, 1.54) is 23.4 Å². The molecule has 3 aromatic rings. The first-order valence-corrected chi connectivity index (χ1v) is 6.23. The number of hydrogen-bond donors (Lipinski definition) is 1. The molecule has 0 aliphatic carbocycles. The molecule has 3 heterocycles. The summed E-state index contributed by atoms with van der Waals surface area (Å²) in [7, 11) is 1.73. The van der Waals surface area contributed by atoms with Crippen LogP contribution in [0.5, 0.6) is 0 Å². The van der Waals surface area contributed by atoms with Crippen molar-refractivity contribution in [2.45, 2.75) is 6.92 Å². The first kappa shape index (κ1) is 13.0. The maximum atomic E-state index is 11.9. The number of esters is 1. The van der Waals surface area contributed by atoms with Crippen LogP contribution in [0.15, 0.2) is 23.5 Å². The second kappa shape index (κ2) is 4.85. The first-order valence-electron chi connectivity index (χ1n) is 6.23. The molecule has 3 rings (SSSR count). The summed E-state index contributed by atoms with van der Waals surface area (Å²) in [5, 5.41) is 4.01. The van der Waals surface area contributed by atoms with Crippen molar-refractivity contribution in [3.63, 3.8) is 0 Å². The van der Waals surface area contributed by atoms with Crippen molar-refractivity contribution >= 4 is 17.1 Å². The van der Waals surface area contributed by atoms with Gasteiger partial charge in [0.2, 0.25) is 5.95 Å². The van der Waals surface area contributed by atoms with E-state index in [0.29, 0.717) is 5.65 Å². The third-order valence-corrected chi connectivity index (χ3v) is 2.87. The predicted octanol–water partition coefficient (Wildman–Crippen LogP) is 0.0190. The number of carbonyl (C=O) groups excluding carboxylic acids is 1. The van der Waals surface area contributed by atoms with Gasteiger partial charge in [0.1, 0.15) is 0 Å². The fraction of sp³-hybridized carbons (Fsp3) is 0.250. The van der Waals surface area contributed by atoms with Crippen molar-refractivity contribution in [1.82, 2.24) is 29.3 Å². The summed E-state index contributed by atoms with van der Waals surface area (Å²) in [5.41, 5.74) is 0.592. The molecule has 1 N–H and O–H groups in total. The predicted molar refractivity (Wildman–Crippen MR) is 72.2 cm³/mol. The number of nitrogens with one attached hydrogen (secondary N) is 1. The molecule has 0 aliphatic heterocycles. The Morgan fingerprint density at radius 3 is 3.05 bits per heavy atom. The molecule has 0 unspecified atom stereocenters. The second-order valence-electron chi connectivity index (χ2n) is 4.31. The highest BCUT2D eigenvalue weighted by atomic mass is 16.5. The Morgan fingerprint density at radius 1 is 1.48 bits per heavy atom. The molecule has 0 spiro atoms. The van der Waals surface area contributed by atoms with Gasteiger partial charge in [-0.05, 0) is 6.92 Å². The third kappa shape index (κ3) is 2.18. The van der Waals surface area contributed by atoms with Crippen LogP contribution in [-0.4, -0.2) is 41.9 Å². The molecule has 0 saturated carbocycles. The Bertz CT molecular complexity index is 875. The Morgan fingerprint density at radius 2 is 2.29 bits per heavy atom. The van der Waals surface area contributed by atoms with Gasteiger partial charge in [0, 0.05) is 13.2 Å². The molecule has 0 saturated heterocycles. The summed E-state index contributed by atoms with van der Waals surface area (Å²) in [6.45, 7) is 2.00. The zero-order chi connectivity index (χ0) is 15.0. The van der Waals surface area contributed by atoms with Crippen LogP contribution in [0.2, 0.25) is 0 Å². The molecule has 0 aromatic carbocycles. The maximum Gasteiger partial charge on any atom is 0.341 e. The first-order chi connectivity index (χ1) is 10.1. The minimum absolute atomic E-state index is 0.201. The minimum atomic E-state index is -0.479. The minimum Gasteiger partial charge on any atom is -0.462 e. The maximum absolute atomic E-state index is 11.9. The standard InChI is InChI=1S/C12H12N6O3/c1-3-21-11(20)7-4-14-18(5-7)12-15-9-8(10(19)16-12)13-6-17(9)2/h4-6H,3H2,1-2H3,(H,15,16,19). The van der Waals surface area contributed by atoms with Gasteiger partial charge < -0.3 is 9.30 Å². The van der Waals surface area contributed by atoms with Crippen LogP contribution in [0, 0.1) is 0 Å². The summed E-state index contributed by atoms with van der Waals surface area (Å²) in [6.07, 6.45) is 4.30. The van der Waals surface area contributed by atoms with Gasteiger partial charge in [-0.3, -0.25) is 9.78 Å². The number of aryl methyl sites for hydroxylation is 1. The van der Waals surface area contributed by atoms with Gasteiger partial charge in [0.25, 0.3) is 5.56 Å². The molecule has 0 fully saturated rings. The van der Waals surface area contributed by atoms with E-state index in [9.17, 15) is 9.59 Å². The molecular weight excluding hydrogens is 276 g/mol. The molecule has 0 aliphatic rings. The van der Waals surface area contributed by atoms with E-state index in [4.69, 9.17) is 4.74 Å². The highest BCUT2D eigenvalue weighted by molar-refractivity contribution is 5.88. The van der Waals surface area contributed by atoms with Crippen molar-refractivity contribution in [2.75, 3.05) is 6.61 Å². The van der Waals surface area contributed by atoms with Gasteiger partial charge in [-0.25, -0.2) is 14.5 Å². The van der Waals surface area contributed by atoms with Gasteiger partial charge in [0.15, 0.2) is 11.2 Å². The fourth-order valence-electron chi connectivity index (χ4n) is 1.87. The third-order valence-electron chi connectivity index (χ3n) is 2.87. The number of fused-ring (bicyclic) bond motifs is 1. The van der Waals surface area contributed by atoms with Crippen molar-refractivity contribution in [3.8, 4) is 5.95 Å². The number of ether oxygens (including phenoxy) is 1. The zero-order valence-corrected chi connectivity index (χ0v) is 11.4. The topological polar surface area (TPSA) is 108 Å². The molecule has 3 aromatic heterocycles. The summed E-state index contributed by atoms with van der Waals surface area (Å²) in [6, 6.07) is 0. The van der Waals surface area contributed by atoms with Gasteiger partial charge in [-0.15, -0.1) is 0 Å². The number of aromatic amines is 1. The molecule has 0 amide bonds. The summed E-state index contributed by atoms with van der Waals surface area (Å²) in [4.78, 5) is 34.3. The van der Waals surface area contributed by atoms with Crippen LogP contribution in [-0.2, 0) is 11.8 Å². The Labute approximate surface area is 118 Å². The van der Waals surface area contributed by atoms with Crippen LogP contribution in [0.1, 0.15) is 17.3 Å². The van der Waals surface area contributed by atoms with Crippen LogP contribution < -0.4 is 5.56 Å². The lowest BCUT2D eigenvalue weighted by atomic mass is 10.4. The monoisotopic (exact) mass is 288 g/mol. The van der Waals surface area contributed by atoms with E-state index in [1.54, 1.807) is 18.5 Å². The SMILES string of the molecule is CCOC(=O)c1cnn(-c2nc3c(ncn3C)c(=O)[nH]2)c1. The molecule has 0 radical (unpaired) electrons. The molecule has 0 atom stereocenters. The van der Waals surface area contributed by atoms with Gasteiger partial charge in [0.05, 0.1) is 24.7 Å². The molecule has 0 bridgehead atoms. The largest absolute Gasteiger partial charge is 0.462 e. The van der Waals surface area contributed by atoms with E-state index >= 15 is 0 Å². The van der Waals surface area contributed by atoms with E-state index in [-0.39, 0.29) is 29.2 Å². The normalized spacial score (nSPS) is 11.0. The summed E-state index contributed by atoms with van der Waals surface area (Å²) < 4.78 is 7.81. The molecule has 21 heavy (non-hydrogen) atoms. The average molecular weight is 288 g/mol. The van der Waals surface area contributed by atoms with Crippen molar-refractivity contribution in [2.24, 2.45) is 7.05 Å². The summed E-state index contributed by atoms with van der Waals surface area (Å²) >= 11 is 0. The number of nitrogens with zero attached hydrogens (tertiary/aromatic N) is 5. The van der Waals surface area contributed by atoms with Crippen LogP contribution in [0.25, 0.3) is 17.1 Å². The number of rotatable bonds is 3. The van der Waals surface area contributed by atoms with Gasteiger partial charge in [-0.2, -0.15) is 10.1 Å². The fourth-order valence-corrected chi connectivity index (χ4v) is 1.87. The highest BCUT2D eigenvalue weighted by Crippen LogP contribution is 2.08. The van der Waals surface area contributed by atoms with Crippen LogP contribution >= 0.6 is 0 Å². The second-order valence-corrected chi connectivity index (χ2v) is 4.31. The number of H-pyrrole nitrogens is 1. The lowest BCUT2D eigenvalue weighted by Gasteiger charge is -2.00. The molecule has 9 nitrogen and oxygen atoms in total. The van der Waals surface area contributed by atoms with Gasteiger partial charge in [-0.1, -0.05) is 0 Å². The number of hydrogen-bond acceptors (Lipinski definition) is 6. The quantitative estimate of drug-likeness (QED) is 0.681. The van der Waals surface area contributed by atoms with Crippen molar-refractivity contribution < 1.29 is 9.53 Å². The van der Waals surface area contributed by atoms with Crippen LogP contribution in [0.3, 0.4) is 0 Å². The molecule has 9 heteroatoms. The summed E-state index contributed by atoms with van der Waals surface area (Å²) in [5.74, 6) is -0.278. The number of imidazole rings is 1. The van der Waals surface area contributed by atoms with E-state index in [1.807, 2.05) is 0 Å². The van der Waals surface area contributed by atoms with Crippen molar-refractivity contribution in [1.29, 1.82) is 0 Å². The lowest BCUT2D eigenvalue weighted by molar-refractivity contribution is 0.0526. The Balaban J connectivity index is 2.06. The van der Waals surface area contributed by atoms with E-state index in [0.717, 1.165) is 0 Å². The van der Waals surface area contributed by atoms with E-state index in [2.05, 4.69) is 20.1 Å². The van der Waals surface area contributed by atoms with Gasteiger partial charge >= 0.3 is 5.97 Å². The number of carbonyl (C=O) groups is 1. The average Bonchev–Trinajstić information content (AvgIpc) is 3.07. The smallest absolute Gasteiger partial charge is 0.341 e. The Hall–Kier alpha value is -2.97. The van der Waals surface area contributed by atoms with E-state index < -0.39 is 5.97 Å². The van der Waals surface area contributed by atoms with Crippen LogP contribution in [0.4, 0.5) is 0 Å². The lowest BCUT2D eigenvalue weighted by Crippen LogP contribution is -2.14. The molecule has 108 valence electrons. The zero-order valence-electron chi connectivity index (χ0n) is 11.4.